The van der Waals surface area contributed by atoms with Crippen molar-refractivity contribution in [2.24, 2.45) is 7.05 Å². The summed E-state index contributed by atoms with van der Waals surface area (Å²) in [6.07, 6.45) is 0. The minimum Gasteiger partial charge on any atom is -0.497 e. The number of fused-ring (bicyclic) bond motifs is 3. The quantitative estimate of drug-likeness (QED) is 0.453. The Morgan fingerprint density at radius 1 is 1.18 bits per heavy atom. The van der Waals surface area contributed by atoms with Crippen LogP contribution in [-0.4, -0.2) is 46.5 Å². The Kier molecular flexibility index (Phi) is 3.69. The molecule has 0 unspecified atom stereocenters. The molecule has 4 aromatic heterocycles. The molecule has 28 heavy (non-hydrogen) atoms. The van der Waals surface area contributed by atoms with Crippen LogP contribution in [0.1, 0.15) is 5.82 Å². The highest BCUT2D eigenvalue weighted by molar-refractivity contribution is 7.17. The molecule has 10 nitrogen and oxygen atoms in total. The molecule has 140 valence electrons. The fourth-order valence-electron chi connectivity index (χ4n) is 3.07. The molecule has 0 fully saturated rings. The number of nitrogens with zero attached hydrogens (tertiary/aromatic N) is 8. The molecule has 4 heterocycles. The third-order valence-electron chi connectivity index (χ3n) is 4.46. The van der Waals surface area contributed by atoms with Gasteiger partial charge in [-0.15, -0.1) is 31.7 Å². The molecule has 5 rings (SSSR count). The lowest BCUT2D eigenvalue weighted by atomic mass is 10.2. The van der Waals surface area contributed by atoms with E-state index in [0.717, 1.165) is 16.8 Å². The summed E-state index contributed by atoms with van der Waals surface area (Å²) in [6.45, 7) is 0.265. The van der Waals surface area contributed by atoms with Crippen LogP contribution < -0.4 is 10.3 Å². The Bertz CT molecular complexity index is 1380. The molecule has 0 saturated carbocycles. The van der Waals surface area contributed by atoms with Gasteiger partial charge in [0.1, 0.15) is 17.0 Å². The van der Waals surface area contributed by atoms with Crippen molar-refractivity contribution in [2.45, 2.75) is 6.54 Å². The third-order valence-corrected chi connectivity index (χ3v) is 5.35. The molecule has 11 heteroatoms. The monoisotopic (exact) mass is 394 g/mol. The van der Waals surface area contributed by atoms with Crippen LogP contribution in [0.3, 0.4) is 0 Å². The molecular formula is C17H14N8O2S. The van der Waals surface area contributed by atoms with Gasteiger partial charge in [0.05, 0.1) is 12.6 Å². The zero-order chi connectivity index (χ0) is 19.3. The van der Waals surface area contributed by atoms with Gasteiger partial charge in [-0.1, -0.05) is 12.1 Å². The highest BCUT2D eigenvalue weighted by atomic mass is 32.1. The fourth-order valence-corrected chi connectivity index (χ4v) is 3.92. The van der Waals surface area contributed by atoms with E-state index in [0.29, 0.717) is 22.1 Å². The van der Waals surface area contributed by atoms with Gasteiger partial charge in [0, 0.05) is 12.6 Å². The summed E-state index contributed by atoms with van der Waals surface area (Å²) in [7, 11) is 3.29. The predicted molar refractivity (Wildman–Crippen MR) is 103 cm³/mol. The van der Waals surface area contributed by atoms with Crippen LogP contribution in [0.4, 0.5) is 0 Å². The van der Waals surface area contributed by atoms with E-state index in [-0.39, 0.29) is 12.1 Å². The fraction of sp³-hybridized carbons (Fsp3) is 0.176. The smallest absolute Gasteiger partial charge is 0.272 e. The van der Waals surface area contributed by atoms with E-state index in [1.165, 1.54) is 20.7 Å². The summed E-state index contributed by atoms with van der Waals surface area (Å²) in [4.78, 5) is 13.9. The first kappa shape index (κ1) is 16.6. The van der Waals surface area contributed by atoms with Gasteiger partial charge in [-0.05, 0) is 28.8 Å². The van der Waals surface area contributed by atoms with Gasteiger partial charge in [-0.3, -0.25) is 13.8 Å². The Labute approximate surface area is 161 Å². The third kappa shape index (κ3) is 2.47. The molecular weight excluding hydrogens is 380 g/mol. The van der Waals surface area contributed by atoms with Crippen LogP contribution in [-0.2, 0) is 13.6 Å². The molecule has 0 N–H and O–H groups in total. The number of benzene rings is 1. The van der Waals surface area contributed by atoms with Gasteiger partial charge in [-0.2, -0.15) is 4.80 Å². The number of methoxy groups -OCH3 is 1. The first-order valence-corrected chi connectivity index (χ1v) is 9.26. The van der Waals surface area contributed by atoms with Gasteiger partial charge in [-0.25, -0.2) is 0 Å². The lowest BCUT2D eigenvalue weighted by Gasteiger charge is -2.04. The lowest BCUT2D eigenvalue weighted by molar-refractivity contribution is 0.415. The Morgan fingerprint density at radius 3 is 2.93 bits per heavy atom. The molecule has 0 bridgehead atoms. The van der Waals surface area contributed by atoms with Crippen LogP contribution in [0.25, 0.3) is 27.4 Å². The van der Waals surface area contributed by atoms with E-state index in [4.69, 9.17) is 4.74 Å². The van der Waals surface area contributed by atoms with Crippen molar-refractivity contribution in [3.8, 4) is 17.1 Å². The molecule has 0 spiro atoms. The van der Waals surface area contributed by atoms with Gasteiger partial charge < -0.3 is 4.74 Å². The minimum atomic E-state index is -0.0874. The summed E-state index contributed by atoms with van der Waals surface area (Å²) in [5.74, 6) is 2.29. The number of hydrogen-bond acceptors (Lipinski definition) is 8. The summed E-state index contributed by atoms with van der Waals surface area (Å²) >= 11 is 1.39. The highest BCUT2D eigenvalue weighted by Gasteiger charge is 2.17. The summed E-state index contributed by atoms with van der Waals surface area (Å²) in [5.41, 5.74) is 1.49. The van der Waals surface area contributed by atoms with Crippen LogP contribution in [0, 0.1) is 0 Å². The molecule has 1 aromatic carbocycles. The molecule has 0 atom stereocenters. The number of aryl methyl sites for hydroxylation is 1. The van der Waals surface area contributed by atoms with E-state index in [1.807, 2.05) is 40.1 Å². The number of thiophene rings is 1. The minimum absolute atomic E-state index is 0.0874. The second-order valence-corrected chi connectivity index (χ2v) is 7.04. The van der Waals surface area contributed by atoms with Crippen molar-refractivity contribution in [3.63, 3.8) is 0 Å². The van der Waals surface area contributed by atoms with Crippen molar-refractivity contribution in [1.82, 2.24) is 39.4 Å². The number of aromatic nitrogens is 8. The van der Waals surface area contributed by atoms with E-state index in [9.17, 15) is 4.79 Å². The van der Waals surface area contributed by atoms with Crippen molar-refractivity contribution in [3.05, 3.63) is 51.9 Å². The molecule has 0 aliphatic rings. The van der Waals surface area contributed by atoms with Crippen molar-refractivity contribution < 1.29 is 4.74 Å². The van der Waals surface area contributed by atoms with Crippen LogP contribution >= 0.6 is 11.3 Å². The molecule has 0 aliphatic heterocycles. The predicted octanol–water partition coefficient (Wildman–Crippen LogP) is 1.35. The zero-order valence-corrected chi connectivity index (χ0v) is 15.8. The highest BCUT2D eigenvalue weighted by Crippen LogP contribution is 2.21. The Morgan fingerprint density at radius 2 is 2.07 bits per heavy atom. The van der Waals surface area contributed by atoms with Crippen molar-refractivity contribution >= 4 is 27.3 Å². The maximum atomic E-state index is 12.4. The van der Waals surface area contributed by atoms with Crippen LogP contribution in [0.5, 0.6) is 5.75 Å². The van der Waals surface area contributed by atoms with Crippen LogP contribution in [0.2, 0.25) is 0 Å². The molecule has 5 aromatic rings. The van der Waals surface area contributed by atoms with E-state index < -0.39 is 0 Å². The number of ether oxygens (including phenoxy) is 1. The number of rotatable bonds is 4. The SMILES string of the molecule is COc1cccc(-c2nnn(Cc3nnc4n(C)c(=O)c5sccc5n34)n2)c1. The molecule has 0 amide bonds. The average molecular weight is 394 g/mol. The summed E-state index contributed by atoms with van der Waals surface area (Å²) in [5, 5.41) is 23.0. The van der Waals surface area contributed by atoms with E-state index >= 15 is 0 Å². The average Bonchev–Trinajstić information content (AvgIpc) is 3.46. The standard InChI is InChI=1S/C17H14N8O2S/c1-23-16(26)14-12(6-7-28-14)25-13(18-20-17(23)25)9-24-21-15(19-22-24)10-4-3-5-11(8-10)27-2/h3-8H,9H2,1-2H3. The normalized spacial score (nSPS) is 11.5. The zero-order valence-electron chi connectivity index (χ0n) is 15.0. The second kappa shape index (κ2) is 6.23. The summed E-state index contributed by atoms with van der Waals surface area (Å²) in [6, 6.07) is 9.35. The van der Waals surface area contributed by atoms with E-state index in [2.05, 4.69) is 25.6 Å². The first-order chi connectivity index (χ1) is 13.7. The number of tetrazole rings is 1. The van der Waals surface area contributed by atoms with Crippen LogP contribution in [0.15, 0.2) is 40.5 Å². The van der Waals surface area contributed by atoms with Gasteiger partial charge in [0.15, 0.2) is 5.82 Å². The van der Waals surface area contributed by atoms with E-state index in [1.54, 1.807) is 14.2 Å². The molecule has 0 aliphatic carbocycles. The second-order valence-electron chi connectivity index (χ2n) is 6.13. The molecule has 0 radical (unpaired) electrons. The van der Waals surface area contributed by atoms with Gasteiger partial charge in [0.25, 0.3) is 5.56 Å². The van der Waals surface area contributed by atoms with Crippen molar-refractivity contribution in [1.29, 1.82) is 0 Å². The lowest BCUT2D eigenvalue weighted by Crippen LogP contribution is -2.19. The Hall–Kier alpha value is -3.60. The summed E-state index contributed by atoms with van der Waals surface area (Å²) < 4.78 is 9.23. The number of hydrogen-bond donors (Lipinski definition) is 0. The Balaban J connectivity index is 1.56. The maximum absolute atomic E-state index is 12.4. The topological polar surface area (TPSA) is 105 Å². The first-order valence-electron chi connectivity index (χ1n) is 8.38. The maximum Gasteiger partial charge on any atom is 0.272 e. The van der Waals surface area contributed by atoms with Gasteiger partial charge in [0.2, 0.25) is 11.6 Å². The van der Waals surface area contributed by atoms with Gasteiger partial charge >= 0.3 is 0 Å². The van der Waals surface area contributed by atoms with Crippen molar-refractivity contribution in [2.75, 3.05) is 7.11 Å². The molecule has 0 saturated heterocycles. The largest absolute Gasteiger partial charge is 0.497 e.